The second kappa shape index (κ2) is 14.2. The first-order valence-electron chi connectivity index (χ1n) is 19.5. The fourth-order valence-electron chi connectivity index (χ4n) is 8.55. The molecule has 0 N–H and O–H groups in total. The number of aromatic nitrogens is 8. The summed E-state index contributed by atoms with van der Waals surface area (Å²) in [6.07, 6.45) is -4.69. The first-order chi connectivity index (χ1) is 29.9. The Hall–Kier alpha value is -8.29. The molecule has 10 nitrogen and oxygen atoms in total. The Morgan fingerprint density at radius 2 is 1.00 bits per heavy atom. The van der Waals surface area contributed by atoms with Gasteiger partial charge in [-0.1, -0.05) is 48.5 Å². The van der Waals surface area contributed by atoms with E-state index in [1.807, 2.05) is 122 Å². The SMILES string of the molecule is [C-]#[N+]c1cc(C(F)(F)F)ccc1-c1c(-n2c3ccccc3c3cc(-c4nc(C)nc(C)n4)ccc32)cc(C#N)cc1-n1c2ccccc2c2cc(-c3nc(C)nc(C)n3)ccc21. The quantitative estimate of drug-likeness (QED) is 0.159. The highest BCUT2D eigenvalue weighted by atomic mass is 19.4. The summed E-state index contributed by atoms with van der Waals surface area (Å²) in [7, 11) is 0. The van der Waals surface area contributed by atoms with Crippen LogP contribution in [0.4, 0.5) is 18.9 Å². The third kappa shape index (κ3) is 6.18. The predicted molar refractivity (Wildman–Crippen MR) is 233 cm³/mol. The number of hydrogen-bond acceptors (Lipinski definition) is 7. The average Bonchev–Trinajstić information content (AvgIpc) is 3.77. The number of fused-ring (bicyclic) bond motifs is 6. The number of para-hydroxylation sites is 2. The minimum Gasteiger partial charge on any atom is -0.309 e. The number of aryl methyl sites for hydroxylation is 4. The Bertz CT molecular complexity index is 3370. The molecule has 13 heteroatoms. The number of rotatable bonds is 5. The van der Waals surface area contributed by atoms with Crippen molar-refractivity contribution in [1.29, 1.82) is 5.26 Å². The van der Waals surface area contributed by atoms with E-state index in [1.54, 1.807) is 12.1 Å². The molecule has 0 amide bonds. The standard InChI is InChI=1S/C49H31F3N10/c1-26-55-27(2)58-47(57-26)31-14-18-42-37(22-31)34-10-6-8-12-40(34)61(42)44-20-30(25-53)21-45(46(44)36-17-16-33(49(50,51)52)24-39(36)54-5)62-41-13-9-7-11-35(41)38-23-32(15-19-43(38)62)48-59-28(3)56-29(4)60-48/h6-24H,1-4H3. The van der Waals surface area contributed by atoms with Gasteiger partial charge in [0.15, 0.2) is 17.3 Å². The lowest BCUT2D eigenvalue weighted by Crippen LogP contribution is -2.07. The molecule has 0 fully saturated rings. The molecule has 0 unspecified atom stereocenters. The molecule has 0 spiro atoms. The maximum absolute atomic E-state index is 14.3. The molecule has 298 valence electrons. The Labute approximate surface area is 352 Å². The smallest absolute Gasteiger partial charge is 0.309 e. The largest absolute Gasteiger partial charge is 0.415 e. The molecule has 0 atom stereocenters. The van der Waals surface area contributed by atoms with Gasteiger partial charge in [0.1, 0.15) is 23.3 Å². The van der Waals surface area contributed by atoms with Gasteiger partial charge in [-0.3, -0.25) is 0 Å². The highest BCUT2D eigenvalue weighted by Crippen LogP contribution is 2.47. The van der Waals surface area contributed by atoms with Crippen LogP contribution in [-0.4, -0.2) is 39.0 Å². The zero-order valence-electron chi connectivity index (χ0n) is 33.6. The van der Waals surface area contributed by atoms with E-state index in [0.717, 1.165) is 66.9 Å². The number of hydrogen-bond donors (Lipinski definition) is 0. The summed E-state index contributed by atoms with van der Waals surface area (Å²) in [5.74, 6) is 3.39. The fraction of sp³-hybridized carbons (Fsp3) is 0.102. The number of benzene rings is 6. The van der Waals surface area contributed by atoms with Crippen molar-refractivity contribution in [3.05, 3.63) is 161 Å². The minimum atomic E-state index is -4.69. The van der Waals surface area contributed by atoms with Gasteiger partial charge in [0, 0.05) is 43.8 Å². The molecule has 6 aromatic carbocycles. The van der Waals surface area contributed by atoms with Crippen molar-refractivity contribution in [2.45, 2.75) is 33.9 Å². The summed E-state index contributed by atoms with van der Waals surface area (Å²) < 4.78 is 46.8. The van der Waals surface area contributed by atoms with Crippen LogP contribution in [0, 0.1) is 45.6 Å². The van der Waals surface area contributed by atoms with Crippen LogP contribution in [0.5, 0.6) is 0 Å². The molecule has 0 saturated heterocycles. The first kappa shape index (κ1) is 37.9. The molecule has 4 heterocycles. The average molecular weight is 817 g/mol. The highest BCUT2D eigenvalue weighted by molar-refractivity contribution is 6.13. The van der Waals surface area contributed by atoms with Crippen molar-refractivity contribution in [1.82, 2.24) is 39.0 Å². The van der Waals surface area contributed by atoms with Crippen molar-refractivity contribution in [2.24, 2.45) is 0 Å². The van der Waals surface area contributed by atoms with Gasteiger partial charge < -0.3 is 9.13 Å². The van der Waals surface area contributed by atoms with Gasteiger partial charge in [0.05, 0.1) is 51.6 Å². The molecule has 10 rings (SSSR count). The van der Waals surface area contributed by atoms with Crippen LogP contribution in [0.2, 0.25) is 0 Å². The van der Waals surface area contributed by atoms with Crippen LogP contribution in [0.3, 0.4) is 0 Å². The fourth-order valence-corrected chi connectivity index (χ4v) is 8.55. The molecule has 10 aromatic rings. The van der Waals surface area contributed by atoms with Gasteiger partial charge in [0.2, 0.25) is 0 Å². The monoisotopic (exact) mass is 816 g/mol. The van der Waals surface area contributed by atoms with E-state index in [1.165, 1.54) is 6.07 Å². The summed E-state index contributed by atoms with van der Waals surface area (Å²) in [4.78, 5) is 30.8. The van der Waals surface area contributed by atoms with Crippen LogP contribution in [0.1, 0.15) is 34.4 Å². The normalized spacial score (nSPS) is 11.8. The van der Waals surface area contributed by atoms with Crippen LogP contribution >= 0.6 is 0 Å². The molecule has 0 aliphatic carbocycles. The third-order valence-electron chi connectivity index (χ3n) is 11.0. The van der Waals surface area contributed by atoms with Crippen molar-refractivity contribution in [2.75, 3.05) is 0 Å². The lowest BCUT2D eigenvalue weighted by Gasteiger charge is -2.22. The van der Waals surface area contributed by atoms with Gasteiger partial charge >= 0.3 is 6.18 Å². The minimum absolute atomic E-state index is 0.195. The Morgan fingerprint density at radius 3 is 1.44 bits per heavy atom. The van der Waals surface area contributed by atoms with Crippen molar-refractivity contribution >= 4 is 49.3 Å². The van der Waals surface area contributed by atoms with Crippen molar-refractivity contribution in [3.8, 4) is 51.3 Å². The Balaban J connectivity index is 1.34. The van der Waals surface area contributed by atoms with E-state index < -0.39 is 11.7 Å². The molecule has 0 radical (unpaired) electrons. The molecular weight excluding hydrogens is 786 g/mol. The van der Waals surface area contributed by atoms with E-state index in [2.05, 4.69) is 40.8 Å². The van der Waals surface area contributed by atoms with E-state index in [4.69, 9.17) is 6.57 Å². The predicted octanol–water partition coefficient (Wildman–Crippen LogP) is 11.9. The lowest BCUT2D eigenvalue weighted by molar-refractivity contribution is -0.137. The van der Waals surface area contributed by atoms with Gasteiger partial charge in [-0.25, -0.2) is 34.7 Å². The second-order valence-electron chi connectivity index (χ2n) is 15.0. The van der Waals surface area contributed by atoms with E-state index >= 15 is 0 Å². The van der Waals surface area contributed by atoms with Crippen molar-refractivity contribution in [3.63, 3.8) is 0 Å². The number of nitrogens with zero attached hydrogens (tertiary/aromatic N) is 10. The van der Waals surface area contributed by atoms with Gasteiger partial charge in [-0.05, 0) is 100.0 Å². The number of nitriles is 1. The van der Waals surface area contributed by atoms with Gasteiger partial charge in [-0.2, -0.15) is 18.4 Å². The number of halogens is 3. The molecular formula is C49H31F3N10. The van der Waals surface area contributed by atoms with Crippen LogP contribution in [-0.2, 0) is 6.18 Å². The van der Waals surface area contributed by atoms with Crippen LogP contribution in [0.15, 0.2) is 115 Å². The molecule has 0 bridgehead atoms. The summed E-state index contributed by atoms with van der Waals surface area (Å²) >= 11 is 0. The topological polar surface area (TPSA) is 115 Å². The Morgan fingerprint density at radius 1 is 0.548 bits per heavy atom. The molecule has 4 aromatic heterocycles. The second-order valence-corrected chi connectivity index (χ2v) is 15.0. The van der Waals surface area contributed by atoms with Gasteiger partial charge in [-0.15, -0.1) is 0 Å². The molecule has 0 aliphatic heterocycles. The lowest BCUT2D eigenvalue weighted by atomic mass is 9.95. The van der Waals surface area contributed by atoms with E-state index in [0.29, 0.717) is 57.4 Å². The van der Waals surface area contributed by atoms with Crippen molar-refractivity contribution < 1.29 is 13.2 Å². The van der Waals surface area contributed by atoms with Crippen LogP contribution in [0.25, 0.3) is 93.7 Å². The maximum atomic E-state index is 14.3. The van der Waals surface area contributed by atoms with Gasteiger partial charge in [0.25, 0.3) is 0 Å². The summed E-state index contributed by atoms with van der Waals surface area (Å²) in [5, 5.41) is 14.2. The van der Waals surface area contributed by atoms with E-state index in [9.17, 15) is 18.4 Å². The summed E-state index contributed by atoms with van der Waals surface area (Å²) in [5.41, 5.74) is 5.47. The summed E-state index contributed by atoms with van der Waals surface area (Å²) in [6, 6.07) is 36.5. The Kier molecular flexibility index (Phi) is 8.68. The zero-order chi connectivity index (χ0) is 43.0. The molecule has 0 saturated carbocycles. The third-order valence-corrected chi connectivity index (χ3v) is 11.0. The first-order valence-corrected chi connectivity index (χ1v) is 19.5. The summed E-state index contributed by atoms with van der Waals surface area (Å²) in [6.45, 7) is 15.5. The molecule has 0 aliphatic rings. The zero-order valence-corrected chi connectivity index (χ0v) is 33.6. The van der Waals surface area contributed by atoms with E-state index in [-0.39, 0.29) is 11.3 Å². The van der Waals surface area contributed by atoms with Crippen LogP contribution < -0.4 is 0 Å². The number of alkyl halides is 3. The highest BCUT2D eigenvalue weighted by Gasteiger charge is 2.32. The molecule has 62 heavy (non-hydrogen) atoms. The maximum Gasteiger partial charge on any atom is 0.415 e.